The monoisotopic (exact) mass is 560 g/mol. The van der Waals surface area contributed by atoms with Crippen LogP contribution in [0.3, 0.4) is 0 Å². The summed E-state index contributed by atoms with van der Waals surface area (Å²) in [6.07, 6.45) is 6.11. The maximum atomic E-state index is 13.4. The molecular formula is C38H28N2OS. The van der Waals surface area contributed by atoms with Crippen molar-refractivity contribution >= 4 is 23.6 Å². The van der Waals surface area contributed by atoms with Crippen LogP contribution in [0.4, 0.5) is 0 Å². The van der Waals surface area contributed by atoms with Gasteiger partial charge in [-0.15, -0.1) is 11.8 Å². The van der Waals surface area contributed by atoms with E-state index in [4.69, 9.17) is 4.98 Å². The van der Waals surface area contributed by atoms with E-state index in [1.807, 2.05) is 48.8 Å². The fraction of sp³-hybridized carbons (Fsp3) is 0.0526. The first-order valence-electron chi connectivity index (χ1n) is 14.0. The van der Waals surface area contributed by atoms with E-state index in [1.54, 1.807) is 11.8 Å². The Hall–Kier alpha value is -4.93. The Morgan fingerprint density at radius 3 is 1.79 bits per heavy atom. The first-order valence-corrected chi connectivity index (χ1v) is 15.0. The standard InChI is InChI=1S/C38H28N2OS/c41-37-29(26-42-36-23-13-12-22-34(36)37)24-28-14-10-11-21-33(28)35-25-40(27-39-35)38(30-15-4-1-5-16-30,31-17-6-2-7-18-31)32-19-8-3-9-20-32/h1-25,27H,26H2/b29-24+. The summed E-state index contributed by atoms with van der Waals surface area (Å²) >= 11 is 1.71. The van der Waals surface area contributed by atoms with E-state index < -0.39 is 5.54 Å². The lowest BCUT2D eigenvalue weighted by atomic mass is 9.77. The van der Waals surface area contributed by atoms with Gasteiger partial charge in [-0.05, 0) is 40.5 Å². The second-order valence-corrected chi connectivity index (χ2v) is 11.4. The summed E-state index contributed by atoms with van der Waals surface area (Å²) in [5, 5.41) is 0. The van der Waals surface area contributed by atoms with Crippen molar-refractivity contribution < 1.29 is 4.79 Å². The zero-order chi connectivity index (χ0) is 28.4. The van der Waals surface area contributed by atoms with Crippen LogP contribution < -0.4 is 0 Å². The van der Waals surface area contributed by atoms with Crippen molar-refractivity contribution in [1.29, 1.82) is 0 Å². The van der Waals surface area contributed by atoms with Gasteiger partial charge in [0.25, 0.3) is 0 Å². The summed E-state index contributed by atoms with van der Waals surface area (Å²) in [7, 11) is 0. The molecule has 0 amide bonds. The van der Waals surface area contributed by atoms with Crippen molar-refractivity contribution in [3.63, 3.8) is 0 Å². The summed E-state index contributed by atoms with van der Waals surface area (Å²) in [6.45, 7) is 0. The molecule has 42 heavy (non-hydrogen) atoms. The van der Waals surface area contributed by atoms with Crippen LogP contribution in [-0.4, -0.2) is 21.1 Å². The molecule has 0 saturated carbocycles. The van der Waals surface area contributed by atoms with Gasteiger partial charge in [0.15, 0.2) is 5.78 Å². The maximum absolute atomic E-state index is 13.4. The van der Waals surface area contributed by atoms with Gasteiger partial charge in [-0.2, -0.15) is 0 Å². The Bertz CT molecular complexity index is 1800. The van der Waals surface area contributed by atoms with Crippen molar-refractivity contribution in [2.45, 2.75) is 10.4 Å². The predicted molar refractivity (Wildman–Crippen MR) is 172 cm³/mol. The Balaban J connectivity index is 1.38. The van der Waals surface area contributed by atoms with Crippen molar-refractivity contribution in [2.24, 2.45) is 0 Å². The molecule has 7 rings (SSSR count). The fourth-order valence-electron chi connectivity index (χ4n) is 5.96. The summed E-state index contributed by atoms with van der Waals surface area (Å²) in [5.74, 6) is 0.749. The van der Waals surface area contributed by atoms with E-state index in [0.29, 0.717) is 5.75 Å². The highest BCUT2D eigenvalue weighted by molar-refractivity contribution is 7.99. The third-order valence-electron chi connectivity index (χ3n) is 7.92. The van der Waals surface area contributed by atoms with Crippen molar-refractivity contribution in [3.05, 3.63) is 185 Å². The Labute approximate surface area is 250 Å². The minimum absolute atomic E-state index is 0.0981. The number of ketones is 1. The number of fused-ring (bicyclic) bond motifs is 1. The second kappa shape index (κ2) is 11.2. The van der Waals surface area contributed by atoms with Crippen molar-refractivity contribution in [3.8, 4) is 11.3 Å². The molecule has 1 aliphatic heterocycles. The average molecular weight is 561 g/mol. The molecule has 0 spiro atoms. The number of rotatable bonds is 6. The molecule has 5 aromatic carbocycles. The lowest BCUT2D eigenvalue weighted by Crippen LogP contribution is -2.36. The zero-order valence-corrected chi connectivity index (χ0v) is 23.7. The first-order chi connectivity index (χ1) is 20.7. The normalized spacial score (nSPS) is 14.1. The van der Waals surface area contributed by atoms with Crippen LogP contribution >= 0.6 is 11.8 Å². The predicted octanol–water partition coefficient (Wildman–Crippen LogP) is 8.76. The van der Waals surface area contributed by atoms with E-state index in [2.05, 4.69) is 114 Å². The molecule has 0 saturated heterocycles. The second-order valence-electron chi connectivity index (χ2n) is 10.3. The smallest absolute Gasteiger partial charge is 0.191 e. The molecule has 0 unspecified atom stereocenters. The number of carbonyl (C=O) groups is 1. The average Bonchev–Trinajstić information content (AvgIpc) is 3.55. The van der Waals surface area contributed by atoms with Gasteiger partial charge in [0.05, 0.1) is 12.0 Å². The van der Waals surface area contributed by atoms with Gasteiger partial charge in [-0.1, -0.05) is 127 Å². The molecule has 0 radical (unpaired) electrons. The third kappa shape index (κ3) is 4.50. The first kappa shape index (κ1) is 26.0. The summed E-state index contributed by atoms with van der Waals surface area (Å²) in [6, 6.07) is 47.8. The van der Waals surface area contributed by atoms with Crippen LogP contribution in [0.15, 0.2) is 163 Å². The third-order valence-corrected chi connectivity index (χ3v) is 9.04. The van der Waals surface area contributed by atoms with Crippen LogP contribution in [0, 0.1) is 0 Å². The quantitative estimate of drug-likeness (QED) is 0.151. The van der Waals surface area contributed by atoms with Gasteiger partial charge < -0.3 is 4.57 Å². The van der Waals surface area contributed by atoms with E-state index in [9.17, 15) is 4.79 Å². The Morgan fingerprint density at radius 2 is 1.17 bits per heavy atom. The topological polar surface area (TPSA) is 34.9 Å². The molecule has 2 heterocycles. The fourth-order valence-corrected chi connectivity index (χ4v) is 6.97. The maximum Gasteiger partial charge on any atom is 0.191 e. The van der Waals surface area contributed by atoms with Gasteiger partial charge in [-0.3, -0.25) is 4.79 Å². The summed E-state index contributed by atoms with van der Waals surface area (Å²) in [5.41, 5.74) is 7.20. The minimum Gasteiger partial charge on any atom is -0.318 e. The number of imidazole rings is 1. The molecule has 1 aliphatic rings. The highest BCUT2D eigenvalue weighted by Gasteiger charge is 2.38. The molecule has 0 fully saturated rings. The number of hydrogen-bond acceptors (Lipinski definition) is 3. The van der Waals surface area contributed by atoms with Crippen molar-refractivity contribution in [2.75, 3.05) is 5.75 Å². The molecule has 1 aromatic heterocycles. The molecule has 6 aromatic rings. The number of hydrogen-bond donors (Lipinski definition) is 0. The number of aromatic nitrogens is 2. The van der Waals surface area contributed by atoms with Gasteiger partial charge >= 0.3 is 0 Å². The molecule has 0 aliphatic carbocycles. The van der Waals surface area contributed by atoms with Crippen LogP contribution in [0.2, 0.25) is 0 Å². The van der Waals surface area contributed by atoms with Gasteiger partial charge in [0.1, 0.15) is 5.54 Å². The number of thioether (sulfide) groups is 1. The summed E-state index contributed by atoms with van der Waals surface area (Å²) < 4.78 is 2.23. The molecule has 3 nitrogen and oxygen atoms in total. The molecular weight excluding hydrogens is 532 g/mol. The van der Waals surface area contributed by atoms with Gasteiger partial charge in [-0.25, -0.2) is 4.98 Å². The van der Waals surface area contributed by atoms with E-state index in [1.165, 1.54) is 0 Å². The lowest BCUT2D eigenvalue weighted by molar-refractivity contribution is 0.103. The Kier molecular flexibility index (Phi) is 6.90. The van der Waals surface area contributed by atoms with Crippen molar-refractivity contribution in [1.82, 2.24) is 9.55 Å². The van der Waals surface area contributed by atoms with Crippen LogP contribution in [0.1, 0.15) is 32.6 Å². The number of benzene rings is 5. The van der Waals surface area contributed by atoms with E-state index in [0.717, 1.165) is 49.5 Å². The van der Waals surface area contributed by atoms with E-state index in [-0.39, 0.29) is 5.78 Å². The lowest BCUT2D eigenvalue weighted by Gasteiger charge is -2.37. The van der Waals surface area contributed by atoms with Crippen LogP contribution in [0.5, 0.6) is 0 Å². The van der Waals surface area contributed by atoms with Crippen LogP contribution in [0.25, 0.3) is 17.3 Å². The number of Topliss-reactive ketones (excluding diaryl/α,β-unsaturated/α-hetero) is 1. The minimum atomic E-state index is -0.637. The molecule has 0 bridgehead atoms. The van der Waals surface area contributed by atoms with Gasteiger partial charge in [0, 0.05) is 33.5 Å². The SMILES string of the molecule is O=C1/C(=C/c2ccccc2-c2cn(C(c3ccccc3)(c3ccccc3)c3ccccc3)cn2)CSc2ccccc21. The molecule has 0 atom stereocenters. The van der Waals surface area contributed by atoms with Crippen LogP contribution in [-0.2, 0) is 5.54 Å². The highest BCUT2D eigenvalue weighted by atomic mass is 32.2. The number of nitrogens with zero attached hydrogens (tertiary/aromatic N) is 2. The zero-order valence-electron chi connectivity index (χ0n) is 22.9. The molecule has 202 valence electrons. The number of carbonyl (C=O) groups excluding carboxylic acids is 1. The Morgan fingerprint density at radius 1 is 0.643 bits per heavy atom. The highest BCUT2D eigenvalue weighted by Crippen LogP contribution is 2.42. The van der Waals surface area contributed by atoms with Gasteiger partial charge in [0.2, 0.25) is 0 Å². The van der Waals surface area contributed by atoms with E-state index >= 15 is 0 Å². The molecule has 0 N–H and O–H groups in total. The molecule has 4 heteroatoms. The summed E-state index contributed by atoms with van der Waals surface area (Å²) in [4.78, 5) is 19.4. The largest absolute Gasteiger partial charge is 0.318 e.